The predicted molar refractivity (Wildman–Crippen MR) is 49.4 cm³/mol. The van der Waals surface area contributed by atoms with E-state index in [0.29, 0.717) is 13.0 Å². The summed E-state index contributed by atoms with van der Waals surface area (Å²) in [7, 11) is 4.38. The third-order valence-electron chi connectivity index (χ3n) is 1.59. The number of rotatable bonds is 3. The van der Waals surface area contributed by atoms with Crippen molar-refractivity contribution in [2.24, 2.45) is 0 Å². The average molecular weight is 217 g/mol. The van der Waals surface area contributed by atoms with Gasteiger partial charge in [0, 0.05) is 25.4 Å². The average Bonchev–Trinajstić information content (AvgIpc) is 2.32. The molecule has 0 N–H and O–H groups in total. The number of alkyl halides is 1. The Hall–Kier alpha value is 1.03. The van der Waals surface area contributed by atoms with Crippen LogP contribution in [-0.4, -0.2) is 24.4 Å². The van der Waals surface area contributed by atoms with Gasteiger partial charge in [-0.2, -0.15) is 0 Å². The molecule has 0 radical (unpaired) electrons. The molecule has 0 amide bonds. The van der Waals surface area contributed by atoms with Crippen molar-refractivity contribution in [2.75, 3.05) is 6.61 Å². The maximum atomic E-state index is 5.74. The van der Waals surface area contributed by atoms with Crippen LogP contribution >= 0.6 is 30.5 Å². The first-order chi connectivity index (χ1) is 5.27. The summed E-state index contributed by atoms with van der Waals surface area (Å²) in [6.07, 6.45) is 0.694. The molecule has 5 atom stereocenters. The molecule has 0 bridgehead atoms. The van der Waals surface area contributed by atoms with Crippen molar-refractivity contribution < 1.29 is 13.8 Å². The first-order valence-corrected chi connectivity index (χ1v) is 4.62. The molecule has 1 heterocycles. The zero-order chi connectivity index (χ0) is 8.27. The normalized spacial score (nSPS) is 37.9. The van der Waals surface area contributed by atoms with Crippen LogP contribution in [0.5, 0.6) is 0 Å². The highest BCUT2D eigenvalue weighted by Gasteiger charge is 2.34. The minimum atomic E-state index is -0.245. The van der Waals surface area contributed by atoms with Crippen molar-refractivity contribution in [3.05, 3.63) is 0 Å². The fraction of sp³-hybridized carbons (Fsp3) is 1.00. The number of ether oxygens (including phenoxy) is 1. The molecule has 6 heteroatoms. The second-order valence-corrected chi connectivity index (χ2v) is 3.42. The van der Waals surface area contributed by atoms with Gasteiger partial charge in [0.2, 0.25) is 0 Å². The Morgan fingerprint density at radius 3 is 2.82 bits per heavy atom. The van der Waals surface area contributed by atoms with Crippen LogP contribution in [-0.2, 0) is 13.8 Å². The Labute approximate surface area is 75.7 Å². The molecule has 1 aliphatic rings. The standard InChI is InChI=1S/C5H11ClO3P2/c6-5-1-3(9-11)4(8-5)2-7-10/h3-5H,1-2,10-11H2/t3-,4+,5-/m0/s1. The van der Waals surface area contributed by atoms with Crippen molar-refractivity contribution in [2.45, 2.75) is 24.2 Å². The van der Waals surface area contributed by atoms with Crippen molar-refractivity contribution in [1.29, 1.82) is 0 Å². The van der Waals surface area contributed by atoms with E-state index >= 15 is 0 Å². The summed E-state index contributed by atoms with van der Waals surface area (Å²) in [5.41, 5.74) is -0.245. The lowest BCUT2D eigenvalue weighted by atomic mass is 10.2. The minimum absolute atomic E-state index is 0.0306. The first kappa shape index (κ1) is 10.1. The van der Waals surface area contributed by atoms with Crippen molar-refractivity contribution in [1.82, 2.24) is 0 Å². The molecule has 0 spiro atoms. The van der Waals surface area contributed by atoms with E-state index in [9.17, 15) is 0 Å². The van der Waals surface area contributed by atoms with Gasteiger partial charge in [-0.25, -0.2) is 0 Å². The first-order valence-electron chi connectivity index (χ1n) is 3.24. The van der Waals surface area contributed by atoms with Crippen LogP contribution in [0.1, 0.15) is 6.42 Å². The lowest BCUT2D eigenvalue weighted by molar-refractivity contribution is 0.0202. The SMILES string of the molecule is POC[C@H]1O[C@H](Cl)C[C@@H]1OP. The van der Waals surface area contributed by atoms with Crippen LogP contribution < -0.4 is 0 Å². The van der Waals surface area contributed by atoms with Gasteiger partial charge in [-0.1, -0.05) is 11.6 Å². The minimum Gasteiger partial charge on any atom is -0.363 e. The molecule has 3 nitrogen and oxygen atoms in total. The summed E-state index contributed by atoms with van der Waals surface area (Å²) in [6.45, 7) is 0.493. The van der Waals surface area contributed by atoms with Crippen LogP contribution in [0.2, 0.25) is 0 Å². The molecule has 66 valence electrons. The molecule has 1 aliphatic heterocycles. The predicted octanol–water partition coefficient (Wildman–Crippen LogP) is 1.32. The van der Waals surface area contributed by atoms with Crippen LogP contribution in [0.15, 0.2) is 0 Å². The summed E-state index contributed by atoms with van der Waals surface area (Å²) < 4.78 is 15.2. The van der Waals surface area contributed by atoms with Crippen molar-refractivity contribution >= 4 is 30.5 Å². The highest BCUT2D eigenvalue weighted by molar-refractivity contribution is 7.10. The lowest BCUT2D eigenvalue weighted by Crippen LogP contribution is -2.25. The number of halogens is 1. The van der Waals surface area contributed by atoms with E-state index in [2.05, 4.69) is 18.9 Å². The lowest BCUT2D eigenvalue weighted by Gasteiger charge is -2.14. The van der Waals surface area contributed by atoms with E-state index in [0.717, 1.165) is 0 Å². The summed E-state index contributed by atoms with van der Waals surface area (Å²) in [5.74, 6) is 0. The molecule has 0 aromatic carbocycles. The Morgan fingerprint density at radius 2 is 2.27 bits per heavy atom. The molecule has 11 heavy (non-hydrogen) atoms. The van der Waals surface area contributed by atoms with Gasteiger partial charge < -0.3 is 13.8 Å². The van der Waals surface area contributed by atoms with E-state index in [1.165, 1.54) is 0 Å². The van der Waals surface area contributed by atoms with Gasteiger partial charge >= 0.3 is 0 Å². The van der Waals surface area contributed by atoms with Gasteiger partial charge in [-0.05, 0) is 0 Å². The maximum Gasteiger partial charge on any atom is 0.134 e. The van der Waals surface area contributed by atoms with Gasteiger partial charge in [-0.3, -0.25) is 0 Å². The van der Waals surface area contributed by atoms with Crippen molar-refractivity contribution in [3.8, 4) is 0 Å². The third-order valence-corrected chi connectivity index (χ3v) is 2.41. The second kappa shape index (κ2) is 4.91. The maximum absolute atomic E-state index is 5.74. The van der Waals surface area contributed by atoms with Crippen LogP contribution in [0.3, 0.4) is 0 Å². The summed E-state index contributed by atoms with van der Waals surface area (Å²) in [6, 6.07) is 0. The molecule has 2 unspecified atom stereocenters. The van der Waals surface area contributed by atoms with Crippen LogP contribution in [0.25, 0.3) is 0 Å². The van der Waals surface area contributed by atoms with Gasteiger partial charge in [0.15, 0.2) is 0 Å². The van der Waals surface area contributed by atoms with Crippen molar-refractivity contribution in [3.63, 3.8) is 0 Å². The van der Waals surface area contributed by atoms with E-state index in [-0.39, 0.29) is 17.8 Å². The quantitative estimate of drug-likeness (QED) is 0.526. The summed E-state index contributed by atoms with van der Waals surface area (Å²) in [4.78, 5) is 0. The Morgan fingerprint density at radius 1 is 1.55 bits per heavy atom. The Bertz CT molecular complexity index is 126. The molecule has 0 aliphatic carbocycles. The molecule has 0 aromatic rings. The van der Waals surface area contributed by atoms with E-state index < -0.39 is 0 Å². The molecular formula is C5H11ClO3P2. The smallest absolute Gasteiger partial charge is 0.134 e. The zero-order valence-electron chi connectivity index (χ0n) is 5.90. The molecule has 0 saturated carbocycles. The highest BCUT2D eigenvalue weighted by atomic mass is 35.5. The molecular weight excluding hydrogens is 205 g/mol. The van der Waals surface area contributed by atoms with Gasteiger partial charge in [0.05, 0.1) is 12.7 Å². The van der Waals surface area contributed by atoms with E-state index in [1.54, 1.807) is 0 Å². The zero-order valence-corrected chi connectivity index (χ0v) is 8.97. The van der Waals surface area contributed by atoms with E-state index in [4.69, 9.17) is 25.4 Å². The summed E-state index contributed by atoms with van der Waals surface area (Å²) >= 11 is 5.74. The Balaban J connectivity index is 2.37. The number of hydrogen-bond acceptors (Lipinski definition) is 3. The van der Waals surface area contributed by atoms with E-state index in [1.807, 2.05) is 0 Å². The van der Waals surface area contributed by atoms with Gasteiger partial charge in [-0.15, -0.1) is 0 Å². The number of hydrogen-bond donors (Lipinski definition) is 0. The fourth-order valence-electron chi connectivity index (χ4n) is 1.05. The largest absolute Gasteiger partial charge is 0.363 e. The Kier molecular flexibility index (Phi) is 4.52. The summed E-state index contributed by atoms with van der Waals surface area (Å²) in [5, 5.41) is 0. The topological polar surface area (TPSA) is 27.7 Å². The molecule has 1 rings (SSSR count). The molecule has 1 saturated heterocycles. The second-order valence-electron chi connectivity index (χ2n) is 2.33. The van der Waals surface area contributed by atoms with Gasteiger partial charge in [0.1, 0.15) is 11.7 Å². The molecule has 1 fully saturated rings. The monoisotopic (exact) mass is 216 g/mol. The highest BCUT2D eigenvalue weighted by Crippen LogP contribution is 2.27. The van der Waals surface area contributed by atoms with Gasteiger partial charge in [0.25, 0.3) is 0 Å². The van der Waals surface area contributed by atoms with Crippen LogP contribution in [0.4, 0.5) is 0 Å². The van der Waals surface area contributed by atoms with Crippen LogP contribution in [0, 0.1) is 0 Å². The fourth-order valence-corrected chi connectivity index (χ4v) is 1.84. The third kappa shape index (κ3) is 2.77. The molecule has 0 aromatic heterocycles.